The predicted molar refractivity (Wildman–Crippen MR) is 155 cm³/mol. The fourth-order valence-corrected chi connectivity index (χ4v) is 5.27. The van der Waals surface area contributed by atoms with Crippen LogP contribution in [0.1, 0.15) is 59.7 Å². The van der Waals surface area contributed by atoms with Crippen LogP contribution in [0, 0.1) is 24.0 Å². The summed E-state index contributed by atoms with van der Waals surface area (Å²) in [5, 5.41) is 17.6. The predicted octanol–water partition coefficient (Wildman–Crippen LogP) is 5.08. The Hall–Kier alpha value is -4.06. The summed E-state index contributed by atoms with van der Waals surface area (Å²) < 4.78 is 30.0. The highest BCUT2D eigenvalue weighted by Gasteiger charge is 2.44. The first-order valence-electron chi connectivity index (χ1n) is 14.0. The standard InChI is InChI=1S/C33H34F2N4O2/c1-3-5-13-39-21-36-28-18-24(9-10-30(28)39)32(41)38-29(17-23-15-26(34)19-27(35)16-23)31(40)20-37-33(11-12-33)25-8-6-7-22(4-2)14-25/h2,6-10,14-16,18-19,21,29,31,37,40H,3,5,11-13,17,20H2,1H3,(H,38,41)/t29-,31+/m0/s1. The number of nitrogens with one attached hydrogen (secondary N) is 2. The Morgan fingerprint density at radius 1 is 1.15 bits per heavy atom. The highest BCUT2D eigenvalue weighted by Crippen LogP contribution is 2.45. The van der Waals surface area contributed by atoms with E-state index in [2.05, 4.69) is 33.0 Å². The molecule has 5 rings (SSSR count). The van der Waals surface area contributed by atoms with Crippen LogP contribution in [0.15, 0.2) is 67.0 Å². The zero-order valence-electron chi connectivity index (χ0n) is 23.0. The van der Waals surface area contributed by atoms with Crippen molar-refractivity contribution < 1.29 is 18.7 Å². The smallest absolute Gasteiger partial charge is 0.251 e. The van der Waals surface area contributed by atoms with Gasteiger partial charge in [-0.05, 0) is 79.3 Å². The maximum absolute atomic E-state index is 14.0. The molecule has 1 aliphatic carbocycles. The lowest BCUT2D eigenvalue weighted by Crippen LogP contribution is -2.50. The number of fused-ring (bicyclic) bond motifs is 1. The first-order valence-corrected chi connectivity index (χ1v) is 14.0. The van der Waals surface area contributed by atoms with Crippen molar-refractivity contribution in [2.24, 2.45) is 0 Å². The van der Waals surface area contributed by atoms with Gasteiger partial charge in [0.15, 0.2) is 0 Å². The number of benzene rings is 3. The molecule has 3 N–H and O–H groups in total. The van der Waals surface area contributed by atoms with Crippen molar-refractivity contribution >= 4 is 16.9 Å². The van der Waals surface area contributed by atoms with Crippen LogP contribution in [-0.2, 0) is 18.5 Å². The molecular weight excluding hydrogens is 522 g/mol. The average molecular weight is 557 g/mol. The first kappa shape index (κ1) is 28.5. The van der Waals surface area contributed by atoms with Crippen LogP contribution in [-0.4, -0.2) is 39.3 Å². The maximum Gasteiger partial charge on any atom is 0.251 e. The van der Waals surface area contributed by atoms with Gasteiger partial charge in [-0.3, -0.25) is 4.79 Å². The zero-order chi connectivity index (χ0) is 29.0. The molecule has 212 valence electrons. The molecule has 1 saturated carbocycles. The van der Waals surface area contributed by atoms with E-state index in [1.807, 2.05) is 30.3 Å². The van der Waals surface area contributed by atoms with Crippen molar-refractivity contribution in [2.45, 2.75) is 63.3 Å². The number of unbranched alkanes of at least 4 members (excludes halogenated alkanes) is 1. The second-order valence-corrected chi connectivity index (χ2v) is 10.8. The molecular formula is C33H34F2N4O2. The van der Waals surface area contributed by atoms with Gasteiger partial charge in [0, 0.05) is 35.8 Å². The van der Waals surface area contributed by atoms with Gasteiger partial charge in [-0.15, -0.1) is 6.42 Å². The molecule has 3 aromatic carbocycles. The van der Waals surface area contributed by atoms with E-state index < -0.39 is 29.7 Å². The van der Waals surface area contributed by atoms with Crippen molar-refractivity contribution in [3.63, 3.8) is 0 Å². The molecule has 0 saturated heterocycles. The number of nitrogens with zero attached hydrogens (tertiary/aromatic N) is 2. The minimum absolute atomic E-state index is 0.0384. The molecule has 0 spiro atoms. The van der Waals surface area contributed by atoms with Gasteiger partial charge in [0.05, 0.1) is 29.5 Å². The molecule has 1 heterocycles. The van der Waals surface area contributed by atoms with E-state index in [0.29, 0.717) is 16.6 Å². The minimum atomic E-state index is -1.05. The molecule has 8 heteroatoms. The van der Waals surface area contributed by atoms with Gasteiger partial charge in [0.25, 0.3) is 5.91 Å². The summed E-state index contributed by atoms with van der Waals surface area (Å²) in [4.78, 5) is 17.8. The highest BCUT2D eigenvalue weighted by molar-refractivity contribution is 5.97. The summed E-state index contributed by atoms with van der Waals surface area (Å²) in [6, 6.07) is 15.4. The van der Waals surface area contributed by atoms with Gasteiger partial charge in [0.2, 0.25) is 0 Å². The zero-order valence-corrected chi connectivity index (χ0v) is 23.0. The van der Waals surface area contributed by atoms with E-state index in [-0.39, 0.29) is 18.5 Å². The van der Waals surface area contributed by atoms with Gasteiger partial charge in [-0.2, -0.15) is 0 Å². The number of halogens is 2. The molecule has 0 aliphatic heterocycles. The Morgan fingerprint density at radius 3 is 2.63 bits per heavy atom. The van der Waals surface area contributed by atoms with Gasteiger partial charge in [0.1, 0.15) is 11.6 Å². The number of aliphatic hydroxyl groups excluding tert-OH is 1. The second-order valence-electron chi connectivity index (χ2n) is 10.8. The van der Waals surface area contributed by atoms with Gasteiger partial charge >= 0.3 is 0 Å². The third-order valence-electron chi connectivity index (χ3n) is 7.78. The van der Waals surface area contributed by atoms with E-state index in [0.717, 1.165) is 54.9 Å². The molecule has 2 atom stereocenters. The molecule has 1 fully saturated rings. The summed E-state index contributed by atoms with van der Waals surface area (Å²) in [5.74, 6) is 0.818. The van der Waals surface area contributed by atoms with Crippen molar-refractivity contribution in [2.75, 3.05) is 6.54 Å². The number of imidazole rings is 1. The van der Waals surface area contributed by atoms with Crippen LogP contribution in [0.5, 0.6) is 0 Å². The number of carbonyl (C=O) groups excluding carboxylic acids is 1. The summed E-state index contributed by atoms with van der Waals surface area (Å²) in [6.45, 7) is 3.13. The van der Waals surface area contributed by atoms with Gasteiger partial charge < -0.3 is 20.3 Å². The number of hydrogen-bond donors (Lipinski definition) is 3. The van der Waals surface area contributed by atoms with Crippen molar-refractivity contribution in [1.82, 2.24) is 20.2 Å². The number of aromatic nitrogens is 2. The molecule has 4 aromatic rings. The number of amides is 1. The molecule has 41 heavy (non-hydrogen) atoms. The Kier molecular flexibility index (Phi) is 8.48. The molecule has 6 nitrogen and oxygen atoms in total. The number of aryl methyl sites for hydroxylation is 1. The Bertz CT molecular complexity index is 1570. The second kappa shape index (κ2) is 12.2. The number of terminal acetylenes is 1. The lowest BCUT2D eigenvalue weighted by Gasteiger charge is -2.27. The summed E-state index contributed by atoms with van der Waals surface area (Å²) in [7, 11) is 0. The van der Waals surface area contributed by atoms with E-state index in [4.69, 9.17) is 6.42 Å². The summed E-state index contributed by atoms with van der Waals surface area (Å²) >= 11 is 0. The normalized spacial score (nSPS) is 15.3. The molecule has 1 aliphatic rings. The molecule has 0 bridgehead atoms. The Morgan fingerprint density at radius 2 is 1.93 bits per heavy atom. The van der Waals surface area contributed by atoms with Crippen LogP contribution < -0.4 is 10.6 Å². The fourth-order valence-electron chi connectivity index (χ4n) is 5.27. The maximum atomic E-state index is 14.0. The highest BCUT2D eigenvalue weighted by atomic mass is 19.1. The molecule has 0 radical (unpaired) electrons. The third-order valence-corrected chi connectivity index (χ3v) is 7.78. The van der Waals surface area contributed by atoms with E-state index in [9.17, 15) is 18.7 Å². The number of hydrogen-bond acceptors (Lipinski definition) is 4. The van der Waals surface area contributed by atoms with Crippen molar-refractivity contribution in [3.8, 4) is 12.3 Å². The Labute approximate surface area is 238 Å². The topological polar surface area (TPSA) is 79.2 Å². The van der Waals surface area contributed by atoms with Gasteiger partial charge in [-0.1, -0.05) is 31.4 Å². The third kappa shape index (κ3) is 6.64. The average Bonchev–Trinajstić information content (AvgIpc) is 3.66. The van der Waals surface area contributed by atoms with Crippen LogP contribution in [0.2, 0.25) is 0 Å². The van der Waals surface area contributed by atoms with Crippen LogP contribution in [0.25, 0.3) is 11.0 Å². The SMILES string of the molecule is C#Cc1cccc(C2(NC[C@@H](O)[C@H](Cc3cc(F)cc(F)c3)NC(=O)c3ccc4c(c3)ncn4CCCC)CC2)c1. The number of carbonyl (C=O) groups is 1. The molecule has 0 unspecified atom stereocenters. The van der Waals surface area contributed by atoms with E-state index in [1.54, 1.807) is 18.5 Å². The Balaban J connectivity index is 1.34. The fraction of sp³-hybridized carbons (Fsp3) is 0.333. The monoisotopic (exact) mass is 556 g/mol. The molecule has 1 aromatic heterocycles. The van der Waals surface area contributed by atoms with Crippen LogP contribution in [0.3, 0.4) is 0 Å². The van der Waals surface area contributed by atoms with Crippen molar-refractivity contribution in [3.05, 3.63) is 101 Å². The first-order chi connectivity index (χ1) is 19.8. The van der Waals surface area contributed by atoms with Gasteiger partial charge in [-0.25, -0.2) is 13.8 Å². The number of rotatable bonds is 12. The summed E-state index contributed by atoms with van der Waals surface area (Å²) in [6.07, 6.45) is 10.2. The number of aliphatic hydroxyl groups is 1. The minimum Gasteiger partial charge on any atom is -0.390 e. The quantitative estimate of drug-likeness (QED) is 0.213. The largest absolute Gasteiger partial charge is 0.390 e. The van der Waals surface area contributed by atoms with Crippen LogP contribution >= 0.6 is 0 Å². The van der Waals surface area contributed by atoms with Crippen molar-refractivity contribution in [1.29, 1.82) is 0 Å². The van der Waals surface area contributed by atoms with Crippen LogP contribution in [0.4, 0.5) is 8.78 Å². The molecule has 1 amide bonds. The lowest BCUT2D eigenvalue weighted by atomic mass is 9.98. The van der Waals surface area contributed by atoms with E-state index in [1.165, 1.54) is 12.1 Å². The summed E-state index contributed by atoms with van der Waals surface area (Å²) in [5.41, 5.74) is 3.87. The lowest BCUT2D eigenvalue weighted by molar-refractivity contribution is 0.0822. The van der Waals surface area contributed by atoms with E-state index >= 15 is 0 Å².